The average molecular weight is 499 g/mol. The summed E-state index contributed by atoms with van der Waals surface area (Å²) in [6.07, 6.45) is 1.97. The number of nitrogens with zero attached hydrogens (tertiary/aromatic N) is 3. The fraction of sp³-hybridized carbons (Fsp3) is 0.500. The van der Waals surface area contributed by atoms with Crippen LogP contribution < -0.4 is 27.8 Å². The topological polar surface area (TPSA) is 212 Å². The van der Waals surface area contributed by atoms with E-state index in [2.05, 4.69) is 15.6 Å². The number of nitrogens with two attached hydrogens (primary N) is 3. The van der Waals surface area contributed by atoms with Crippen LogP contribution in [0.2, 0.25) is 0 Å². The van der Waals surface area contributed by atoms with Crippen molar-refractivity contribution in [2.75, 3.05) is 25.0 Å². The van der Waals surface area contributed by atoms with Crippen molar-refractivity contribution < 1.29 is 19.3 Å². The first kappa shape index (κ1) is 28.6. The highest BCUT2D eigenvalue weighted by molar-refractivity contribution is 5.98. The van der Waals surface area contributed by atoms with Gasteiger partial charge in [-0.2, -0.15) is 0 Å². The SMILES string of the molecule is Cl.NCCC(=O)N1CCC[C@H]1C(=O)N[C@@H](CCCN=C(N)N)C(=O)Nc1ccc([N+](=O)[O-])cc1. The third-order valence-corrected chi connectivity index (χ3v) is 5.16. The summed E-state index contributed by atoms with van der Waals surface area (Å²) in [4.78, 5) is 53.7. The lowest BCUT2D eigenvalue weighted by Gasteiger charge is -2.26. The molecule has 1 heterocycles. The lowest BCUT2D eigenvalue weighted by atomic mass is 10.1. The number of hydrogen-bond acceptors (Lipinski definition) is 7. The molecule has 34 heavy (non-hydrogen) atoms. The number of nitro groups is 1. The average Bonchev–Trinajstić information content (AvgIpc) is 3.26. The van der Waals surface area contributed by atoms with Gasteiger partial charge in [-0.3, -0.25) is 29.5 Å². The fourth-order valence-corrected chi connectivity index (χ4v) is 3.54. The molecular weight excluding hydrogens is 468 g/mol. The highest BCUT2D eigenvalue weighted by atomic mass is 35.5. The molecule has 1 aromatic carbocycles. The van der Waals surface area contributed by atoms with E-state index in [0.29, 0.717) is 31.5 Å². The maximum absolute atomic E-state index is 12.9. The van der Waals surface area contributed by atoms with Crippen LogP contribution in [0.3, 0.4) is 0 Å². The minimum absolute atomic E-state index is 0. The molecule has 1 aliphatic rings. The molecule has 2 atom stereocenters. The zero-order valence-electron chi connectivity index (χ0n) is 18.6. The molecule has 14 heteroatoms. The van der Waals surface area contributed by atoms with Gasteiger partial charge in [0.1, 0.15) is 12.1 Å². The molecule has 0 spiro atoms. The Morgan fingerprint density at radius 1 is 1.24 bits per heavy atom. The van der Waals surface area contributed by atoms with Crippen LogP contribution in [0.4, 0.5) is 11.4 Å². The largest absolute Gasteiger partial charge is 0.370 e. The zero-order chi connectivity index (χ0) is 24.4. The Hall–Kier alpha value is -3.45. The quantitative estimate of drug-likeness (QED) is 0.0905. The number of hydrogen-bond donors (Lipinski definition) is 5. The Labute approximate surface area is 203 Å². The standard InChI is InChI=1S/C20H30N8O5.ClH/c21-10-9-17(29)27-12-2-4-16(27)19(31)26-15(3-1-11-24-20(22)23)18(30)25-13-5-7-14(8-6-13)28(32)33;/h5-8,15-16H,1-4,9-12,21H2,(H,25,30)(H,26,31)(H4,22,23,24);1H/t15-,16-;/m0./s1. The number of anilines is 1. The van der Waals surface area contributed by atoms with Gasteiger partial charge in [-0.15, -0.1) is 12.4 Å². The first-order valence-corrected chi connectivity index (χ1v) is 10.6. The number of nitrogens with one attached hydrogen (secondary N) is 2. The van der Waals surface area contributed by atoms with Crippen molar-refractivity contribution in [2.45, 2.75) is 44.2 Å². The molecule has 3 amide bonds. The molecule has 13 nitrogen and oxygen atoms in total. The van der Waals surface area contributed by atoms with E-state index in [4.69, 9.17) is 17.2 Å². The molecule has 1 aliphatic heterocycles. The Balaban J connectivity index is 0.00000578. The monoisotopic (exact) mass is 498 g/mol. The lowest BCUT2D eigenvalue weighted by Crippen LogP contribution is -2.52. The van der Waals surface area contributed by atoms with Crippen molar-refractivity contribution in [1.82, 2.24) is 10.2 Å². The first-order chi connectivity index (χ1) is 15.7. The smallest absolute Gasteiger partial charge is 0.269 e. The van der Waals surface area contributed by atoms with E-state index in [9.17, 15) is 24.5 Å². The van der Waals surface area contributed by atoms with E-state index in [1.165, 1.54) is 29.2 Å². The second-order valence-corrected chi connectivity index (χ2v) is 7.59. The third kappa shape index (κ3) is 8.48. The van der Waals surface area contributed by atoms with Crippen molar-refractivity contribution in [3.63, 3.8) is 0 Å². The molecule has 2 rings (SSSR count). The van der Waals surface area contributed by atoms with Gasteiger partial charge in [0.25, 0.3) is 5.69 Å². The molecule has 1 aromatic rings. The second-order valence-electron chi connectivity index (χ2n) is 7.59. The normalized spacial score (nSPS) is 15.6. The van der Waals surface area contributed by atoms with Crippen molar-refractivity contribution >= 4 is 47.5 Å². The molecule has 1 fully saturated rings. The van der Waals surface area contributed by atoms with Gasteiger partial charge < -0.3 is 32.7 Å². The molecule has 1 saturated heterocycles. The van der Waals surface area contributed by atoms with E-state index in [1.54, 1.807) is 0 Å². The number of halogens is 1. The highest BCUT2D eigenvalue weighted by Crippen LogP contribution is 2.19. The van der Waals surface area contributed by atoms with Crippen LogP contribution in [-0.4, -0.2) is 65.2 Å². The maximum atomic E-state index is 12.9. The number of guanidine groups is 1. The summed E-state index contributed by atoms with van der Waals surface area (Å²) >= 11 is 0. The number of likely N-dealkylation sites (tertiary alicyclic amines) is 1. The third-order valence-electron chi connectivity index (χ3n) is 5.16. The number of non-ortho nitro benzene ring substituents is 1. The van der Waals surface area contributed by atoms with E-state index in [-0.39, 0.29) is 55.9 Å². The first-order valence-electron chi connectivity index (χ1n) is 10.6. The molecule has 0 saturated carbocycles. The van der Waals surface area contributed by atoms with Crippen molar-refractivity contribution in [3.05, 3.63) is 34.4 Å². The molecular formula is C20H31ClN8O5. The summed E-state index contributed by atoms with van der Waals surface area (Å²) in [7, 11) is 0. The number of aliphatic imine (C=N–C) groups is 1. The number of benzene rings is 1. The number of carbonyl (C=O) groups excluding carboxylic acids is 3. The van der Waals surface area contributed by atoms with Gasteiger partial charge in [-0.1, -0.05) is 0 Å². The van der Waals surface area contributed by atoms with Gasteiger partial charge in [-0.05, 0) is 37.8 Å². The van der Waals surface area contributed by atoms with Crippen molar-refractivity contribution in [2.24, 2.45) is 22.2 Å². The van der Waals surface area contributed by atoms with Crippen LogP contribution in [0.15, 0.2) is 29.3 Å². The van der Waals surface area contributed by atoms with Crippen LogP contribution in [0, 0.1) is 10.1 Å². The second kappa shape index (κ2) is 14.0. The van der Waals surface area contributed by atoms with Crippen LogP contribution >= 0.6 is 12.4 Å². The molecule has 8 N–H and O–H groups in total. The number of amides is 3. The Kier molecular flexibility index (Phi) is 11.7. The summed E-state index contributed by atoms with van der Waals surface area (Å²) in [6.45, 7) is 0.917. The van der Waals surface area contributed by atoms with Crippen LogP contribution in [0.1, 0.15) is 32.1 Å². The molecule has 188 valence electrons. The summed E-state index contributed by atoms with van der Waals surface area (Å²) in [5, 5.41) is 16.2. The number of nitro benzene ring substituents is 1. The van der Waals surface area contributed by atoms with Crippen LogP contribution in [-0.2, 0) is 14.4 Å². The van der Waals surface area contributed by atoms with E-state index < -0.39 is 28.8 Å². The number of rotatable bonds is 11. The van der Waals surface area contributed by atoms with Gasteiger partial charge in [0.15, 0.2) is 5.96 Å². The zero-order valence-corrected chi connectivity index (χ0v) is 19.5. The Morgan fingerprint density at radius 2 is 1.91 bits per heavy atom. The lowest BCUT2D eigenvalue weighted by molar-refractivity contribution is -0.384. The van der Waals surface area contributed by atoms with Gasteiger partial charge in [0, 0.05) is 43.9 Å². The Morgan fingerprint density at radius 3 is 2.50 bits per heavy atom. The van der Waals surface area contributed by atoms with E-state index in [0.717, 1.165) is 0 Å². The van der Waals surface area contributed by atoms with Crippen LogP contribution in [0.25, 0.3) is 0 Å². The molecule has 0 radical (unpaired) electrons. The van der Waals surface area contributed by atoms with Gasteiger partial charge in [0.2, 0.25) is 17.7 Å². The summed E-state index contributed by atoms with van der Waals surface area (Å²) < 4.78 is 0. The Bertz CT molecular complexity index is 891. The van der Waals surface area contributed by atoms with Gasteiger partial charge in [-0.25, -0.2) is 0 Å². The maximum Gasteiger partial charge on any atom is 0.269 e. The van der Waals surface area contributed by atoms with Crippen molar-refractivity contribution in [1.29, 1.82) is 0 Å². The fourth-order valence-electron chi connectivity index (χ4n) is 3.54. The summed E-state index contributed by atoms with van der Waals surface area (Å²) in [5.41, 5.74) is 16.3. The summed E-state index contributed by atoms with van der Waals surface area (Å²) in [5.74, 6) is -1.20. The highest BCUT2D eigenvalue weighted by Gasteiger charge is 2.35. The number of carbonyl (C=O) groups is 3. The predicted octanol–water partition coefficient (Wildman–Crippen LogP) is -0.167. The predicted molar refractivity (Wildman–Crippen MR) is 129 cm³/mol. The van der Waals surface area contributed by atoms with E-state index in [1.807, 2.05) is 0 Å². The molecule has 0 aliphatic carbocycles. The van der Waals surface area contributed by atoms with E-state index >= 15 is 0 Å². The van der Waals surface area contributed by atoms with Gasteiger partial charge >= 0.3 is 0 Å². The minimum atomic E-state index is -0.922. The minimum Gasteiger partial charge on any atom is -0.370 e. The van der Waals surface area contributed by atoms with Gasteiger partial charge in [0.05, 0.1) is 4.92 Å². The summed E-state index contributed by atoms with van der Waals surface area (Å²) in [6, 6.07) is 3.74. The van der Waals surface area contributed by atoms with Crippen molar-refractivity contribution in [3.8, 4) is 0 Å². The van der Waals surface area contributed by atoms with Crippen LogP contribution in [0.5, 0.6) is 0 Å². The molecule has 0 unspecified atom stereocenters. The molecule has 0 aromatic heterocycles. The molecule has 0 bridgehead atoms.